The highest BCUT2D eigenvalue weighted by molar-refractivity contribution is 6.33. The van der Waals surface area contributed by atoms with Crippen LogP contribution in [-0.2, 0) is 6.54 Å². The van der Waals surface area contributed by atoms with Crippen LogP contribution < -0.4 is 11.1 Å². The van der Waals surface area contributed by atoms with E-state index in [1.807, 2.05) is 63.2 Å². The van der Waals surface area contributed by atoms with E-state index in [0.29, 0.717) is 34.3 Å². The number of anilines is 2. The lowest BCUT2D eigenvalue weighted by atomic mass is 10.1. The fourth-order valence-corrected chi connectivity index (χ4v) is 3.54. The van der Waals surface area contributed by atoms with Crippen molar-refractivity contribution in [3.63, 3.8) is 0 Å². The van der Waals surface area contributed by atoms with E-state index in [2.05, 4.69) is 15.3 Å². The van der Waals surface area contributed by atoms with Crippen molar-refractivity contribution in [3.05, 3.63) is 70.6 Å². The summed E-state index contributed by atoms with van der Waals surface area (Å²) >= 11 is 6.47. The average molecular weight is 448 g/mol. The molecule has 0 bridgehead atoms. The highest BCUT2D eigenvalue weighted by Gasteiger charge is 2.16. The smallest absolute Gasteiger partial charge is 0.140 e. The van der Waals surface area contributed by atoms with Gasteiger partial charge in [-0.25, -0.2) is 19.9 Å². The minimum absolute atomic E-state index is 0.256. The number of hydrogen-bond donors (Lipinski definition) is 3. The highest BCUT2D eigenvalue weighted by atomic mass is 35.5. The van der Waals surface area contributed by atoms with Crippen LogP contribution in [0.1, 0.15) is 37.6 Å². The van der Waals surface area contributed by atoms with Crippen molar-refractivity contribution in [1.29, 1.82) is 5.41 Å². The zero-order valence-electron chi connectivity index (χ0n) is 18.6. The monoisotopic (exact) mass is 447 g/mol. The van der Waals surface area contributed by atoms with Gasteiger partial charge in [0.15, 0.2) is 0 Å². The number of rotatable bonds is 5. The van der Waals surface area contributed by atoms with E-state index in [4.69, 9.17) is 32.7 Å². The van der Waals surface area contributed by atoms with E-state index >= 15 is 0 Å². The van der Waals surface area contributed by atoms with Gasteiger partial charge < -0.3 is 16.5 Å². The van der Waals surface area contributed by atoms with Gasteiger partial charge in [-0.05, 0) is 31.5 Å². The molecule has 0 saturated carbocycles. The minimum Gasteiger partial charge on any atom is -0.383 e. The minimum atomic E-state index is 0.256. The molecule has 0 aliphatic heterocycles. The third-order valence-electron chi connectivity index (χ3n) is 4.77. The average Bonchev–Trinajstić information content (AvgIpc) is 2.79. The molecule has 0 amide bonds. The number of nitrogens with one attached hydrogen (secondary N) is 2. The van der Waals surface area contributed by atoms with E-state index in [1.165, 1.54) is 6.33 Å². The maximum Gasteiger partial charge on any atom is 0.140 e. The van der Waals surface area contributed by atoms with Crippen LogP contribution in [0.3, 0.4) is 0 Å². The third kappa shape index (κ3) is 4.68. The predicted molar refractivity (Wildman–Crippen MR) is 132 cm³/mol. The second-order valence-electron chi connectivity index (χ2n) is 6.90. The van der Waals surface area contributed by atoms with Crippen LogP contribution in [0.15, 0.2) is 48.8 Å². The van der Waals surface area contributed by atoms with Gasteiger partial charge in [0.25, 0.3) is 0 Å². The largest absolute Gasteiger partial charge is 0.383 e. The van der Waals surface area contributed by atoms with Gasteiger partial charge in [-0.1, -0.05) is 55.8 Å². The van der Waals surface area contributed by atoms with Crippen molar-refractivity contribution in [2.75, 3.05) is 11.1 Å². The Bertz CT molecular complexity index is 1270. The van der Waals surface area contributed by atoms with Gasteiger partial charge in [-0.2, -0.15) is 0 Å². The topological polar surface area (TPSA) is 113 Å². The second kappa shape index (κ2) is 10.2. The van der Waals surface area contributed by atoms with Gasteiger partial charge in [0.2, 0.25) is 0 Å². The molecule has 0 aliphatic rings. The van der Waals surface area contributed by atoms with Crippen molar-refractivity contribution < 1.29 is 0 Å². The van der Waals surface area contributed by atoms with Crippen molar-refractivity contribution in [3.8, 4) is 11.3 Å². The standard InChI is InChI=1S/C22H20ClN7.C2H6/c1-12-6-5-9-16-19(12)30-20(14-7-3-4-8-15(14)23)17(29-16)10-26-22-18(13(2)24)21(25)27-11-28-22;1-2/h3-9,11,24H,10H2,1-2H3,(H3,25,26,27,28);1-2H3. The van der Waals surface area contributed by atoms with Crippen LogP contribution in [-0.4, -0.2) is 25.6 Å². The Morgan fingerprint density at radius 3 is 2.53 bits per heavy atom. The molecule has 2 aromatic carbocycles. The zero-order valence-corrected chi connectivity index (χ0v) is 19.3. The number of nitrogens with zero attached hydrogens (tertiary/aromatic N) is 4. The third-order valence-corrected chi connectivity index (χ3v) is 5.10. The molecule has 4 aromatic rings. The first-order chi connectivity index (χ1) is 15.5. The molecular formula is C24H26ClN7. The molecule has 164 valence electrons. The molecule has 2 aromatic heterocycles. The van der Waals surface area contributed by atoms with Crippen molar-refractivity contribution in [2.24, 2.45) is 0 Å². The van der Waals surface area contributed by atoms with Gasteiger partial charge in [0.1, 0.15) is 18.0 Å². The molecule has 32 heavy (non-hydrogen) atoms. The summed E-state index contributed by atoms with van der Waals surface area (Å²) in [5.74, 6) is 0.734. The number of halogens is 1. The normalized spacial score (nSPS) is 10.4. The molecule has 0 saturated heterocycles. The Hall–Kier alpha value is -3.58. The Morgan fingerprint density at radius 1 is 1.06 bits per heavy atom. The fraction of sp³-hybridized carbons (Fsp3) is 0.208. The summed E-state index contributed by atoms with van der Waals surface area (Å²) in [5.41, 5.74) is 11.6. The van der Waals surface area contributed by atoms with Crippen LogP contribution >= 0.6 is 11.6 Å². The molecule has 4 N–H and O–H groups in total. The number of benzene rings is 2. The molecule has 2 heterocycles. The molecule has 4 rings (SSSR count). The predicted octanol–water partition coefficient (Wildman–Crippen LogP) is 5.66. The van der Waals surface area contributed by atoms with Gasteiger partial charge in [-0.15, -0.1) is 0 Å². The number of nitrogen functional groups attached to an aromatic ring is 1. The first-order valence-corrected chi connectivity index (χ1v) is 10.7. The summed E-state index contributed by atoms with van der Waals surface area (Å²) in [5, 5.41) is 11.8. The Morgan fingerprint density at radius 2 is 1.81 bits per heavy atom. The van der Waals surface area contributed by atoms with Gasteiger partial charge in [0.05, 0.1) is 39.6 Å². The summed E-state index contributed by atoms with van der Waals surface area (Å²) in [7, 11) is 0. The zero-order chi connectivity index (χ0) is 23.3. The van der Waals surface area contributed by atoms with Crippen LogP contribution in [0.5, 0.6) is 0 Å². The second-order valence-corrected chi connectivity index (χ2v) is 7.31. The van der Waals surface area contributed by atoms with Crippen molar-refractivity contribution >= 4 is 40.0 Å². The van der Waals surface area contributed by atoms with Crippen LogP contribution in [0.4, 0.5) is 11.6 Å². The quantitative estimate of drug-likeness (QED) is 0.340. The van der Waals surface area contributed by atoms with Crippen molar-refractivity contribution in [2.45, 2.75) is 34.2 Å². The number of hydrogen-bond acceptors (Lipinski definition) is 7. The molecule has 0 unspecified atom stereocenters. The fourth-order valence-electron chi connectivity index (χ4n) is 3.32. The van der Waals surface area contributed by atoms with Gasteiger partial charge >= 0.3 is 0 Å². The van der Waals surface area contributed by atoms with E-state index in [9.17, 15) is 0 Å². The van der Waals surface area contributed by atoms with Gasteiger partial charge in [0, 0.05) is 11.3 Å². The van der Waals surface area contributed by atoms with E-state index in [1.54, 1.807) is 6.92 Å². The first-order valence-electron chi connectivity index (χ1n) is 10.4. The highest BCUT2D eigenvalue weighted by Crippen LogP contribution is 2.31. The Balaban J connectivity index is 0.00000141. The molecule has 0 radical (unpaired) electrons. The van der Waals surface area contributed by atoms with Crippen molar-refractivity contribution in [1.82, 2.24) is 19.9 Å². The van der Waals surface area contributed by atoms with Crippen LogP contribution in [0, 0.1) is 12.3 Å². The van der Waals surface area contributed by atoms with Crippen LogP contribution in [0.25, 0.3) is 22.3 Å². The van der Waals surface area contributed by atoms with E-state index in [0.717, 1.165) is 22.2 Å². The van der Waals surface area contributed by atoms with E-state index in [-0.39, 0.29) is 11.5 Å². The number of aromatic nitrogens is 4. The summed E-state index contributed by atoms with van der Waals surface area (Å²) in [6, 6.07) is 13.5. The lowest BCUT2D eigenvalue weighted by Crippen LogP contribution is -2.13. The molecule has 7 nitrogen and oxygen atoms in total. The molecular weight excluding hydrogens is 422 g/mol. The summed E-state index contributed by atoms with van der Waals surface area (Å²) < 4.78 is 0. The number of para-hydroxylation sites is 1. The number of fused-ring (bicyclic) bond motifs is 1. The van der Waals surface area contributed by atoms with E-state index < -0.39 is 0 Å². The molecule has 0 aliphatic carbocycles. The lowest BCUT2D eigenvalue weighted by Gasteiger charge is -2.15. The van der Waals surface area contributed by atoms with Crippen LogP contribution in [0.2, 0.25) is 5.02 Å². The number of aryl methyl sites for hydroxylation is 1. The Kier molecular flexibility index (Phi) is 7.33. The molecule has 0 atom stereocenters. The molecule has 8 heteroatoms. The summed E-state index contributed by atoms with van der Waals surface area (Å²) in [6.07, 6.45) is 1.37. The number of nitrogens with two attached hydrogens (primary N) is 1. The summed E-state index contributed by atoms with van der Waals surface area (Å²) in [6.45, 7) is 7.98. The molecule has 0 fully saturated rings. The molecule has 0 spiro atoms. The Labute approximate surface area is 192 Å². The van der Waals surface area contributed by atoms with Gasteiger partial charge in [-0.3, -0.25) is 0 Å². The summed E-state index contributed by atoms with van der Waals surface area (Å²) in [4.78, 5) is 18.0. The SMILES string of the molecule is CC.CC(=N)c1c(N)ncnc1NCc1nc2cccc(C)c2nc1-c1ccccc1Cl. The maximum atomic E-state index is 7.99. The lowest BCUT2D eigenvalue weighted by molar-refractivity contribution is 1.02. The first kappa shape index (κ1) is 23.1. The maximum absolute atomic E-state index is 7.99.